The van der Waals surface area contributed by atoms with Crippen LogP contribution in [-0.4, -0.2) is 25.6 Å². The molecule has 0 saturated carbocycles. The Balaban J connectivity index is 1.66. The Bertz CT molecular complexity index is 1540. The average molecular weight is 451 g/mol. The molecule has 0 spiro atoms. The largest absolute Gasteiger partial charge is 0.496 e. The Labute approximate surface area is 198 Å². The molecule has 170 valence electrons. The van der Waals surface area contributed by atoms with Crippen LogP contribution in [0.15, 0.2) is 64.8 Å². The van der Waals surface area contributed by atoms with Crippen LogP contribution in [0, 0.1) is 0 Å². The van der Waals surface area contributed by atoms with Gasteiger partial charge in [0.05, 0.1) is 42.7 Å². The fraction of sp³-hybridized carbons (Fsp3) is 0.214. The quantitative estimate of drug-likeness (QED) is 0.363. The molecule has 2 aliphatic heterocycles. The summed E-state index contributed by atoms with van der Waals surface area (Å²) in [6, 6.07) is 18.8. The molecule has 0 atom stereocenters. The van der Waals surface area contributed by atoms with Crippen LogP contribution in [0.25, 0.3) is 21.5 Å². The van der Waals surface area contributed by atoms with Crippen molar-refractivity contribution in [3.63, 3.8) is 0 Å². The average Bonchev–Trinajstić information content (AvgIpc) is 2.89. The van der Waals surface area contributed by atoms with Crippen molar-refractivity contribution in [3.8, 4) is 11.5 Å². The van der Waals surface area contributed by atoms with Gasteiger partial charge in [-0.25, -0.2) is 5.01 Å². The van der Waals surface area contributed by atoms with Crippen molar-refractivity contribution in [1.29, 1.82) is 0 Å². The van der Waals surface area contributed by atoms with Gasteiger partial charge in [-0.15, -0.1) is 0 Å². The van der Waals surface area contributed by atoms with E-state index in [-0.39, 0.29) is 0 Å². The van der Waals surface area contributed by atoms with Crippen LogP contribution in [-0.2, 0) is 0 Å². The molecular formula is C28H26N4O2. The summed E-state index contributed by atoms with van der Waals surface area (Å²) in [5, 5.41) is 16.3. The monoisotopic (exact) mass is 450 g/mol. The lowest BCUT2D eigenvalue weighted by Gasteiger charge is -2.31. The highest BCUT2D eigenvalue weighted by Crippen LogP contribution is 2.48. The van der Waals surface area contributed by atoms with E-state index in [2.05, 4.69) is 61.7 Å². The topological polar surface area (TPSA) is 58.5 Å². The Morgan fingerprint density at radius 3 is 2.09 bits per heavy atom. The van der Waals surface area contributed by atoms with Crippen molar-refractivity contribution >= 4 is 50.0 Å². The van der Waals surface area contributed by atoms with E-state index < -0.39 is 0 Å². The summed E-state index contributed by atoms with van der Waals surface area (Å²) in [4.78, 5) is 0. The smallest absolute Gasteiger partial charge is 0.126 e. The van der Waals surface area contributed by atoms with Gasteiger partial charge in [-0.1, -0.05) is 26.0 Å². The van der Waals surface area contributed by atoms with E-state index >= 15 is 0 Å². The van der Waals surface area contributed by atoms with E-state index in [0.29, 0.717) is 0 Å². The van der Waals surface area contributed by atoms with Crippen LogP contribution < -0.4 is 19.9 Å². The Morgan fingerprint density at radius 1 is 0.735 bits per heavy atom. The number of nitrogens with one attached hydrogen (secondary N) is 1. The number of hydrazone groups is 2. The molecule has 4 aromatic carbocycles. The zero-order valence-corrected chi connectivity index (χ0v) is 19.8. The van der Waals surface area contributed by atoms with E-state index in [4.69, 9.17) is 19.7 Å². The van der Waals surface area contributed by atoms with E-state index in [0.717, 1.165) is 85.5 Å². The number of ether oxygens (including phenoxy) is 2. The Hall–Kier alpha value is -4.06. The van der Waals surface area contributed by atoms with Gasteiger partial charge in [0.15, 0.2) is 0 Å². The third kappa shape index (κ3) is 2.75. The summed E-state index contributed by atoms with van der Waals surface area (Å²) in [6.45, 7) is 4.27. The fourth-order valence-corrected chi connectivity index (χ4v) is 5.20. The summed E-state index contributed by atoms with van der Waals surface area (Å²) < 4.78 is 11.4. The maximum absolute atomic E-state index is 5.69. The molecule has 0 bridgehead atoms. The number of hydrogen-bond donors (Lipinski definition) is 1. The number of rotatable bonds is 5. The lowest BCUT2D eigenvalue weighted by molar-refractivity contribution is 0.419. The van der Waals surface area contributed by atoms with Crippen molar-refractivity contribution in [2.24, 2.45) is 10.2 Å². The minimum atomic E-state index is 0.819. The molecule has 0 aliphatic carbocycles. The van der Waals surface area contributed by atoms with Crippen molar-refractivity contribution < 1.29 is 9.47 Å². The van der Waals surface area contributed by atoms with Gasteiger partial charge in [-0.3, -0.25) is 5.43 Å². The molecular weight excluding hydrogens is 424 g/mol. The number of benzene rings is 4. The summed E-state index contributed by atoms with van der Waals surface area (Å²) >= 11 is 0. The molecule has 6 heteroatoms. The highest BCUT2D eigenvalue weighted by Gasteiger charge is 2.28. The molecule has 1 N–H and O–H groups in total. The first kappa shape index (κ1) is 20.5. The van der Waals surface area contributed by atoms with Crippen LogP contribution in [0.1, 0.15) is 37.8 Å². The summed E-state index contributed by atoms with van der Waals surface area (Å²) in [5.41, 5.74) is 10.6. The Kier molecular flexibility index (Phi) is 4.69. The predicted molar refractivity (Wildman–Crippen MR) is 140 cm³/mol. The van der Waals surface area contributed by atoms with Gasteiger partial charge in [0.25, 0.3) is 0 Å². The molecule has 0 aromatic heterocycles. The van der Waals surface area contributed by atoms with Gasteiger partial charge in [0, 0.05) is 32.7 Å². The number of nitrogens with zero attached hydrogens (tertiary/aromatic N) is 3. The van der Waals surface area contributed by atoms with Crippen molar-refractivity contribution in [3.05, 3.63) is 65.7 Å². The first-order valence-electron chi connectivity index (χ1n) is 11.6. The van der Waals surface area contributed by atoms with E-state index in [1.165, 1.54) is 0 Å². The molecule has 0 fully saturated rings. The second kappa shape index (κ2) is 7.76. The second-order valence-electron chi connectivity index (χ2n) is 8.45. The summed E-state index contributed by atoms with van der Waals surface area (Å²) in [6.07, 6.45) is 1.66. The van der Waals surface area contributed by atoms with E-state index in [9.17, 15) is 0 Å². The zero-order valence-electron chi connectivity index (χ0n) is 19.8. The van der Waals surface area contributed by atoms with Crippen molar-refractivity contribution in [2.75, 3.05) is 24.7 Å². The molecule has 0 amide bonds. The Morgan fingerprint density at radius 2 is 1.41 bits per heavy atom. The highest BCUT2D eigenvalue weighted by molar-refractivity contribution is 6.22. The first-order chi connectivity index (χ1) is 16.7. The normalized spacial score (nSPS) is 14.1. The van der Waals surface area contributed by atoms with Crippen LogP contribution in [0.4, 0.5) is 17.1 Å². The SMILES string of the molecule is CCC1=NN(c2ccc3c(OC)ccc4c3c2NN=C4CC)c2cccc3c(OC)ccc1c23. The van der Waals surface area contributed by atoms with Crippen molar-refractivity contribution in [1.82, 2.24) is 0 Å². The molecule has 2 aliphatic rings. The maximum atomic E-state index is 5.69. The van der Waals surface area contributed by atoms with Crippen LogP contribution >= 0.6 is 0 Å². The third-order valence-corrected chi connectivity index (χ3v) is 6.81. The predicted octanol–water partition coefficient (Wildman–Crippen LogP) is 6.82. The summed E-state index contributed by atoms with van der Waals surface area (Å²) in [5.74, 6) is 1.71. The minimum Gasteiger partial charge on any atom is -0.496 e. The summed E-state index contributed by atoms with van der Waals surface area (Å²) in [7, 11) is 3.43. The molecule has 0 radical (unpaired) electrons. The molecule has 4 aromatic rings. The van der Waals surface area contributed by atoms with Crippen molar-refractivity contribution in [2.45, 2.75) is 26.7 Å². The van der Waals surface area contributed by atoms with Gasteiger partial charge in [0.1, 0.15) is 11.5 Å². The molecule has 6 rings (SSSR count). The molecule has 34 heavy (non-hydrogen) atoms. The van der Waals surface area contributed by atoms with E-state index in [1.807, 2.05) is 17.1 Å². The van der Waals surface area contributed by atoms with Crippen LogP contribution in [0.5, 0.6) is 11.5 Å². The number of methoxy groups -OCH3 is 2. The van der Waals surface area contributed by atoms with E-state index in [1.54, 1.807) is 14.2 Å². The molecule has 0 saturated heterocycles. The number of anilines is 3. The molecule has 0 unspecified atom stereocenters. The maximum Gasteiger partial charge on any atom is 0.126 e. The number of hydrogen-bond acceptors (Lipinski definition) is 6. The van der Waals surface area contributed by atoms with Gasteiger partial charge < -0.3 is 9.47 Å². The standard InChI is InChI=1S/C28H26N4O2/c1-5-20-16-11-14-25(34-4)19-10-13-23(28(27(16)19)30-29-20)32-22-9-7-8-18-24(33-3)15-12-17(26(18)22)21(6-2)31-32/h7-15,30H,5-6H2,1-4H3. The van der Waals surface area contributed by atoms with Crippen LogP contribution in [0.3, 0.4) is 0 Å². The van der Waals surface area contributed by atoms with Gasteiger partial charge in [-0.05, 0) is 55.3 Å². The third-order valence-electron chi connectivity index (χ3n) is 6.81. The lowest BCUT2D eigenvalue weighted by atomic mass is 9.94. The second-order valence-corrected chi connectivity index (χ2v) is 8.45. The molecule has 6 nitrogen and oxygen atoms in total. The van der Waals surface area contributed by atoms with Gasteiger partial charge >= 0.3 is 0 Å². The van der Waals surface area contributed by atoms with Gasteiger partial charge in [-0.2, -0.15) is 10.2 Å². The van der Waals surface area contributed by atoms with Gasteiger partial charge in [0.2, 0.25) is 0 Å². The first-order valence-corrected chi connectivity index (χ1v) is 11.6. The van der Waals surface area contributed by atoms with Crippen LogP contribution in [0.2, 0.25) is 0 Å². The lowest BCUT2D eigenvalue weighted by Crippen LogP contribution is -2.21. The highest BCUT2D eigenvalue weighted by atomic mass is 16.5. The zero-order chi connectivity index (χ0) is 23.4. The molecule has 2 heterocycles. The fourth-order valence-electron chi connectivity index (χ4n) is 5.20. The minimum absolute atomic E-state index is 0.819.